The lowest BCUT2D eigenvalue weighted by molar-refractivity contribution is -0.139. The topological polar surface area (TPSA) is 86.8 Å². The predicted molar refractivity (Wildman–Crippen MR) is 102 cm³/mol. The standard InChI is InChI=1S/C19H27N3O4S/c1-2-18(23)21-11-13-22(14-12-21)19(24)10-5-15-3-8-17(9-4-15)27(25,26)20-16-6-7-16/h3-4,8-9,16,20H,2,5-7,10-14H2,1H3. The zero-order valence-electron chi connectivity index (χ0n) is 15.7. The van der Waals surface area contributed by atoms with Crippen LogP contribution in [0.4, 0.5) is 0 Å². The third kappa shape index (κ3) is 5.29. The van der Waals surface area contributed by atoms with Gasteiger partial charge >= 0.3 is 0 Å². The first kappa shape index (κ1) is 19.8. The van der Waals surface area contributed by atoms with Crippen molar-refractivity contribution in [1.29, 1.82) is 0 Å². The number of amides is 2. The van der Waals surface area contributed by atoms with Gasteiger partial charge in [0.1, 0.15) is 0 Å². The average molecular weight is 394 g/mol. The smallest absolute Gasteiger partial charge is 0.240 e. The van der Waals surface area contributed by atoms with Crippen molar-refractivity contribution in [2.24, 2.45) is 0 Å². The van der Waals surface area contributed by atoms with E-state index in [2.05, 4.69) is 4.72 Å². The molecule has 7 nitrogen and oxygen atoms in total. The largest absolute Gasteiger partial charge is 0.339 e. The molecule has 1 heterocycles. The van der Waals surface area contributed by atoms with E-state index in [1.165, 1.54) is 0 Å². The molecule has 1 aromatic carbocycles. The second kappa shape index (κ2) is 8.39. The van der Waals surface area contributed by atoms with Crippen molar-refractivity contribution in [3.05, 3.63) is 29.8 Å². The Morgan fingerprint density at radius 3 is 2.07 bits per heavy atom. The number of aryl methyl sites for hydroxylation is 1. The maximum atomic E-state index is 12.4. The lowest BCUT2D eigenvalue weighted by Crippen LogP contribution is -2.50. The second-order valence-corrected chi connectivity index (χ2v) is 8.87. The highest BCUT2D eigenvalue weighted by atomic mass is 32.2. The van der Waals surface area contributed by atoms with Crippen molar-refractivity contribution >= 4 is 21.8 Å². The molecule has 148 valence electrons. The molecule has 0 bridgehead atoms. The summed E-state index contributed by atoms with van der Waals surface area (Å²) in [6.45, 7) is 4.19. The Hall–Kier alpha value is -1.93. The molecule has 27 heavy (non-hydrogen) atoms. The summed E-state index contributed by atoms with van der Waals surface area (Å²) in [5.74, 6) is 0.207. The summed E-state index contributed by atoms with van der Waals surface area (Å²) in [7, 11) is -3.43. The van der Waals surface area contributed by atoms with E-state index in [4.69, 9.17) is 0 Å². The number of hydrogen-bond acceptors (Lipinski definition) is 4. The van der Waals surface area contributed by atoms with Gasteiger partial charge in [0.2, 0.25) is 21.8 Å². The van der Waals surface area contributed by atoms with E-state index in [9.17, 15) is 18.0 Å². The highest BCUT2D eigenvalue weighted by molar-refractivity contribution is 7.89. The molecule has 1 N–H and O–H groups in total. The first-order chi connectivity index (χ1) is 12.9. The zero-order valence-corrected chi connectivity index (χ0v) is 16.5. The van der Waals surface area contributed by atoms with Gasteiger partial charge < -0.3 is 9.80 Å². The number of benzene rings is 1. The van der Waals surface area contributed by atoms with Crippen LogP contribution in [0.1, 0.15) is 38.2 Å². The van der Waals surface area contributed by atoms with Gasteiger partial charge in [-0.1, -0.05) is 19.1 Å². The number of rotatable bonds is 7. The first-order valence-electron chi connectivity index (χ1n) is 9.56. The van der Waals surface area contributed by atoms with E-state index < -0.39 is 10.0 Å². The molecule has 0 aromatic heterocycles. The Morgan fingerprint density at radius 2 is 1.56 bits per heavy atom. The molecule has 2 fully saturated rings. The zero-order chi connectivity index (χ0) is 19.4. The van der Waals surface area contributed by atoms with Crippen molar-refractivity contribution in [3.63, 3.8) is 0 Å². The molecule has 0 spiro atoms. The minimum atomic E-state index is -3.43. The van der Waals surface area contributed by atoms with Crippen LogP contribution in [0.5, 0.6) is 0 Å². The van der Waals surface area contributed by atoms with Crippen LogP contribution in [0, 0.1) is 0 Å². The Kier molecular flexibility index (Phi) is 6.16. The number of hydrogen-bond donors (Lipinski definition) is 1. The molecular formula is C19H27N3O4S. The fourth-order valence-corrected chi connectivity index (χ4v) is 4.47. The summed E-state index contributed by atoms with van der Waals surface area (Å²) in [6, 6.07) is 6.82. The minimum Gasteiger partial charge on any atom is -0.339 e. The second-order valence-electron chi connectivity index (χ2n) is 7.15. The Labute approximate surface area is 160 Å². The number of sulfonamides is 1. The lowest BCUT2D eigenvalue weighted by atomic mass is 10.1. The fourth-order valence-electron chi connectivity index (χ4n) is 3.16. The van der Waals surface area contributed by atoms with Crippen molar-refractivity contribution in [2.75, 3.05) is 26.2 Å². The third-order valence-electron chi connectivity index (χ3n) is 5.05. The van der Waals surface area contributed by atoms with Crippen molar-refractivity contribution in [3.8, 4) is 0 Å². The van der Waals surface area contributed by atoms with Crippen LogP contribution in [-0.2, 0) is 26.0 Å². The van der Waals surface area contributed by atoms with Crippen molar-refractivity contribution in [2.45, 2.75) is 50.0 Å². The third-order valence-corrected chi connectivity index (χ3v) is 6.58. The maximum Gasteiger partial charge on any atom is 0.240 e. The number of carbonyl (C=O) groups is 2. The van der Waals surface area contributed by atoms with Crippen LogP contribution >= 0.6 is 0 Å². The van der Waals surface area contributed by atoms with Gasteiger partial charge in [-0.25, -0.2) is 13.1 Å². The van der Waals surface area contributed by atoms with Crippen molar-refractivity contribution in [1.82, 2.24) is 14.5 Å². The number of piperazine rings is 1. The number of nitrogens with zero attached hydrogens (tertiary/aromatic N) is 2. The quantitative estimate of drug-likeness (QED) is 0.753. The van der Waals surface area contributed by atoms with Crippen LogP contribution in [0.2, 0.25) is 0 Å². The van der Waals surface area contributed by atoms with Crippen LogP contribution in [-0.4, -0.2) is 62.3 Å². The van der Waals surface area contributed by atoms with Gasteiger partial charge in [0.05, 0.1) is 4.90 Å². The molecule has 1 saturated heterocycles. The SMILES string of the molecule is CCC(=O)N1CCN(C(=O)CCc2ccc(S(=O)(=O)NC3CC3)cc2)CC1. The predicted octanol–water partition coefficient (Wildman–Crippen LogP) is 1.14. The monoisotopic (exact) mass is 393 g/mol. The molecule has 1 aliphatic carbocycles. The normalized spacial score (nSPS) is 17.8. The summed E-state index contributed by atoms with van der Waals surface area (Å²) < 4.78 is 27.0. The van der Waals surface area contributed by atoms with E-state index in [-0.39, 0.29) is 22.8 Å². The van der Waals surface area contributed by atoms with Gasteiger partial charge in [-0.15, -0.1) is 0 Å². The summed E-state index contributed by atoms with van der Waals surface area (Å²) in [5.41, 5.74) is 0.938. The van der Waals surface area contributed by atoms with Gasteiger partial charge in [0, 0.05) is 45.1 Å². The van der Waals surface area contributed by atoms with Crippen LogP contribution in [0.3, 0.4) is 0 Å². The van der Waals surface area contributed by atoms with Crippen molar-refractivity contribution < 1.29 is 18.0 Å². The fraction of sp³-hybridized carbons (Fsp3) is 0.579. The number of nitrogens with one attached hydrogen (secondary N) is 1. The molecule has 2 aliphatic rings. The van der Waals surface area contributed by atoms with Gasteiger partial charge in [-0.05, 0) is 37.0 Å². The maximum absolute atomic E-state index is 12.4. The van der Waals surface area contributed by atoms with Gasteiger partial charge in [0.25, 0.3) is 0 Å². The Morgan fingerprint density at radius 1 is 1.00 bits per heavy atom. The average Bonchev–Trinajstić information content (AvgIpc) is 3.49. The van der Waals surface area contributed by atoms with E-state index in [0.29, 0.717) is 45.4 Å². The molecule has 1 saturated carbocycles. The van der Waals surface area contributed by atoms with E-state index in [1.807, 2.05) is 6.92 Å². The first-order valence-corrected chi connectivity index (χ1v) is 11.0. The summed E-state index contributed by atoms with van der Waals surface area (Å²) in [4.78, 5) is 28.0. The summed E-state index contributed by atoms with van der Waals surface area (Å²) in [6.07, 6.45) is 3.26. The van der Waals surface area contributed by atoms with Crippen LogP contribution < -0.4 is 4.72 Å². The molecular weight excluding hydrogens is 366 g/mol. The molecule has 1 aromatic rings. The highest BCUT2D eigenvalue weighted by Gasteiger charge is 2.28. The lowest BCUT2D eigenvalue weighted by Gasteiger charge is -2.34. The van der Waals surface area contributed by atoms with Crippen LogP contribution in [0.15, 0.2) is 29.2 Å². The van der Waals surface area contributed by atoms with Gasteiger partial charge in [0.15, 0.2) is 0 Å². The molecule has 0 atom stereocenters. The van der Waals surface area contributed by atoms with E-state index in [0.717, 1.165) is 18.4 Å². The molecule has 1 aliphatic heterocycles. The summed E-state index contributed by atoms with van der Waals surface area (Å²) >= 11 is 0. The highest BCUT2D eigenvalue weighted by Crippen LogP contribution is 2.22. The molecule has 2 amide bonds. The van der Waals surface area contributed by atoms with E-state index in [1.54, 1.807) is 34.1 Å². The van der Waals surface area contributed by atoms with E-state index >= 15 is 0 Å². The Bertz CT molecular complexity index is 780. The molecule has 3 rings (SSSR count). The Balaban J connectivity index is 1.47. The molecule has 0 unspecified atom stereocenters. The number of carbonyl (C=O) groups excluding carboxylic acids is 2. The van der Waals surface area contributed by atoms with Gasteiger partial charge in [-0.2, -0.15) is 0 Å². The molecule has 8 heteroatoms. The minimum absolute atomic E-state index is 0.0747. The summed E-state index contributed by atoms with van der Waals surface area (Å²) in [5, 5.41) is 0. The van der Waals surface area contributed by atoms with Gasteiger partial charge in [-0.3, -0.25) is 9.59 Å². The van der Waals surface area contributed by atoms with Crippen LogP contribution in [0.25, 0.3) is 0 Å². The molecule has 0 radical (unpaired) electrons.